The molecule has 1 N–H and O–H groups in total. The van der Waals surface area contributed by atoms with Gasteiger partial charge in [-0.15, -0.1) is 21.5 Å². The Balaban J connectivity index is 1.40. The molecule has 6 nitrogen and oxygen atoms in total. The second-order valence-electron chi connectivity index (χ2n) is 6.65. The zero-order valence-corrected chi connectivity index (χ0v) is 16.6. The molecular weight excluding hydrogens is 420 g/mol. The van der Waals surface area contributed by atoms with Gasteiger partial charge in [0.15, 0.2) is 11.5 Å². The lowest BCUT2D eigenvalue weighted by molar-refractivity contribution is 0.102. The van der Waals surface area contributed by atoms with Crippen LogP contribution in [0.15, 0.2) is 72.1 Å². The highest BCUT2D eigenvalue weighted by Gasteiger charge is 2.14. The van der Waals surface area contributed by atoms with Gasteiger partial charge < -0.3 is 5.32 Å². The van der Waals surface area contributed by atoms with Gasteiger partial charge in [-0.3, -0.25) is 4.79 Å². The SMILES string of the molecule is O=C(Nc1ccc(-c2ccc3nnc(-c4cccs4)n3n2)cc1)c1ccc(F)cc1F. The van der Waals surface area contributed by atoms with Crippen molar-refractivity contribution in [3.05, 3.63) is 89.3 Å². The van der Waals surface area contributed by atoms with E-state index < -0.39 is 17.5 Å². The molecule has 0 unspecified atom stereocenters. The highest BCUT2D eigenvalue weighted by Crippen LogP contribution is 2.25. The summed E-state index contributed by atoms with van der Waals surface area (Å²) in [5.74, 6) is -1.65. The van der Waals surface area contributed by atoms with Gasteiger partial charge in [-0.05, 0) is 47.8 Å². The van der Waals surface area contributed by atoms with E-state index >= 15 is 0 Å². The molecule has 31 heavy (non-hydrogen) atoms. The Morgan fingerprint density at radius 3 is 2.55 bits per heavy atom. The third-order valence-corrected chi connectivity index (χ3v) is 5.48. The summed E-state index contributed by atoms with van der Waals surface area (Å²) in [5, 5.41) is 17.6. The number of nitrogens with zero attached hydrogens (tertiary/aromatic N) is 4. The zero-order valence-electron chi connectivity index (χ0n) is 15.8. The predicted octanol–water partition coefficient (Wildman–Crippen LogP) is 5.05. The Bertz CT molecular complexity index is 1400. The molecule has 0 aliphatic rings. The third kappa shape index (κ3) is 3.66. The molecule has 5 aromatic rings. The molecule has 9 heteroatoms. The molecule has 0 saturated carbocycles. The zero-order chi connectivity index (χ0) is 21.4. The Morgan fingerprint density at radius 2 is 1.81 bits per heavy atom. The van der Waals surface area contributed by atoms with Crippen molar-refractivity contribution < 1.29 is 13.6 Å². The number of rotatable bonds is 4. The van der Waals surface area contributed by atoms with E-state index in [0.717, 1.165) is 22.6 Å². The van der Waals surface area contributed by atoms with Crippen molar-refractivity contribution in [1.29, 1.82) is 0 Å². The minimum Gasteiger partial charge on any atom is -0.322 e. The van der Waals surface area contributed by atoms with Crippen molar-refractivity contribution in [3.8, 4) is 22.0 Å². The number of aromatic nitrogens is 4. The van der Waals surface area contributed by atoms with Crippen LogP contribution in [0.4, 0.5) is 14.5 Å². The molecule has 0 aliphatic heterocycles. The van der Waals surface area contributed by atoms with E-state index in [2.05, 4.69) is 20.6 Å². The summed E-state index contributed by atoms with van der Waals surface area (Å²) in [5.41, 5.74) is 2.40. The van der Waals surface area contributed by atoms with Crippen LogP contribution >= 0.6 is 11.3 Å². The molecule has 0 fully saturated rings. The van der Waals surface area contributed by atoms with Gasteiger partial charge in [-0.2, -0.15) is 9.61 Å². The van der Waals surface area contributed by atoms with Gasteiger partial charge in [0, 0.05) is 17.3 Å². The Labute approximate surface area is 178 Å². The number of hydrogen-bond acceptors (Lipinski definition) is 5. The average Bonchev–Trinajstić information content (AvgIpc) is 3.43. The lowest BCUT2D eigenvalue weighted by Crippen LogP contribution is -2.13. The first-order valence-electron chi connectivity index (χ1n) is 9.22. The van der Waals surface area contributed by atoms with E-state index in [4.69, 9.17) is 0 Å². The summed E-state index contributed by atoms with van der Waals surface area (Å²) in [6.07, 6.45) is 0. The molecule has 0 aliphatic carbocycles. The quantitative estimate of drug-likeness (QED) is 0.431. The fourth-order valence-electron chi connectivity index (χ4n) is 3.10. The maximum Gasteiger partial charge on any atom is 0.258 e. The first-order valence-corrected chi connectivity index (χ1v) is 10.1. The van der Waals surface area contributed by atoms with Gasteiger partial charge in [0.05, 0.1) is 16.1 Å². The Kier molecular flexibility index (Phi) is 4.72. The number of carbonyl (C=O) groups is 1. The number of benzene rings is 2. The normalized spacial score (nSPS) is 11.0. The number of carbonyl (C=O) groups excluding carboxylic acids is 1. The molecule has 0 saturated heterocycles. The molecule has 0 radical (unpaired) electrons. The molecule has 1 amide bonds. The maximum absolute atomic E-state index is 13.8. The Hall–Kier alpha value is -3.98. The highest BCUT2D eigenvalue weighted by atomic mass is 32.1. The van der Waals surface area contributed by atoms with Crippen LogP contribution in [0.5, 0.6) is 0 Å². The van der Waals surface area contributed by atoms with Gasteiger partial charge >= 0.3 is 0 Å². The topological polar surface area (TPSA) is 72.2 Å². The second-order valence-corrected chi connectivity index (χ2v) is 7.59. The number of nitrogens with one attached hydrogen (secondary N) is 1. The van der Waals surface area contributed by atoms with Crippen molar-refractivity contribution in [3.63, 3.8) is 0 Å². The standard InChI is InChI=1S/C22H13F2N5OS/c23-14-5-8-16(17(24)12-14)22(30)25-15-6-3-13(4-7-15)18-9-10-20-26-27-21(29(20)28-18)19-2-1-11-31-19/h1-12H,(H,25,30). The van der Waals surface area contributed by atoms with Crippen LogP contribution < -0.4 is 5.32 Å². The molecule has 0 bridgehead atoms. The van der Waals surface area contributed by atoms with Crippen LogP contribution in [-0.4, -0.2) is 25.7 Å². The molecule has 2 aromatic carbocycles. The Morgan fingerprint density at radius 1 is 0.968 bits per heavy atom. The molecule has 3 heterocycles. The molecule has 152 valence electrons. The lowest BCUT2D eigenvalue weighted by atomic mass is 10.1. The fourth-order valence-corrected chi connectivity index (χ4v) is 3.79. The van der Waals surface area contributed by atoms with Crippen LogP contribution in [0.3, 0.4) is 0 Å². The molecule has 0 spiro atoms. The molecule has 3 aromatic heterocycles. The maximum atomic E-state index is 13.8. The van der Waals surface area contributed by atoms with E-state index in [1.807, 2.05) is 29.6 Å². The van der Waals surface area contributed by atoms with Crippen molar-refractivity contribution in [1.82, 2.24) is 19.8 Å². The molecule has 0 atom stereocenters. The second kappa shape index (κ2) is 7.69. The average molecular weight is 433 g/mol. The first kappa shape index (κ1) is 19.0. The summed E-state index contributed by atoms with van der Waals surface area (Å²) < 4.78 is 28.5. The number of halogens is 2. The van der Waals surface area contributed by atoms with E-state index in [1.165, 1.54) is 0 Å². The smallest absolute Gasteiger partial charge is 0.258 e. The van der Waals surface area contributed by atoms with E-state index in [9.17, 15) is 13.6 Å². The predicted molar refractivity (Wildman–Crippen MR) is 114 cm³/mol. The largest absolute Gasteiger partial charge is 0.322 e. The number of amides is 1. The summed E-state index contributed by atoms with van der Waals surface area (Å²) in [6.45, 7) is 0. The van der Waals surface area contributed by atoms with Gasteiger partial charge in [0.25, 0.3) is 5.91 Å². The van der Waals surface area contributed by atoms with Crippen LogP contribution in [-0.2, 0) is 0 Å². The minimum absolute atomic E-state index is 0.230. The van der Waals surface area contributed by atoms with E-state index in [0.29, 0.717) is 28.9 Å². The first-order chi connectivity index (χ1) is 15.1. The monoisotopic (exact) mass is 433 g/mol. The van der Waals surface area contributed by atoms with Gasteiger partial charge in [0.2, 0.25) is 0 Å². The van der Waals surface area contributed by atoms with Gasteiger partial charge in [0.1, 0.15) is 11.6 Å². The van der Waals surface area contributed by atoms with E-state index in [1.54, 1.807) is 40.1 Å². The van der Waals surface area contributed by atoms with Crippen LogP contribution in [0.1, 0.15) is 10.4 Å². The highest BCUT2D eigenvalue weighted by molar-refractivity contribution is 7.13. The number of hydrogen-bond donors (Lipinski definition) is 1. The van der Waals surface area contributed by atoms with E-state index in [-0.39, 0.29) is 5.56 Å². The van der Waals surface area contributed by atoms with Gasteiger partial charge in [-0.1, -0.05) is 18.2 Å². The van der Waals surface area contributed by atoms with Crippen LogP contribution in [0.25, 0.3) is 27.6 Å². The third-order valence-electron chi connectivity index (χ3n) is 4.62. The lowest BCUT2D eigenvalue weighted by Gasteiger charge is -2.08. The number of anilines is 1. The summed E-state index contributed by atoms with van der Waals surface area (Å²) >= 11 is 1.55. The molecule has 5 rings (SSSR count). The fraction of sp³-hybridized carbons (Fsp3) is 0. The van der Waals surface area contributed by atoms with Crippen molar-refractivity contribution >= 4 is 28.6 Å². The summed E-state index contributed by atoms with van der Waals surface area (Å²) in [7, 11) is 0. The summed E-state index contributed by atoms with van der Waals surface area (Å²) in [4.78, 5) is 13.2. The number of thiophene rings is 1. The van der Waals surface area contributed by atoms with Crippen LogP contribution in [0.2, 0.25) is 0 Å². The summed E-state index contributed by atoms with van der Waals surface area (Å²) in [6, 6.07) is 17.3. The van der Waals surface area contributed by atoms with Gasteiger partial charge in [-0.25, -0.2) is 8.78 Å². The molecular formula is C22H13F2N5OS. The van der Waals surface area contributed by atoms with Crippen molar-refractivity contribution in [2.45, 2.75) is 0 Å². The van der Waals surface area contributed by atoms with Crippen LogP contribution in [0, 0.1) is 11.6 Å². The van der Waals surface area contributed by atoms with Crippen molar-refractivity contribution in [2.24, 2.45) is 0 Å². The van der Waals surface area contributed by atoms with Crippen molar-refractivity contribution in [2.75, 3.05) is 5.32 Å². The number of fused-ring (bicyclic) bond motifs is 1. The minimum atomic E-state index is -0.915.